The van der Waals surface area contributed by atoms with Gasteiger partial charge in [0.05, 0.1) is 24.3 Å². The summed E-state index contributed by atoms with van der Waals surface area (Å²) >= 11 is 3.23. The lowest BCUT2D eigenvalue weighted by atomic mass is 10.2. The van der Waals surface area contributed by atoms with Gasteiger partial charge in [-0.25, -0.2) is 4.79 Å². The predicted molar refractivity (Wildman–Crippen MR) is 74.6 cm³/mol. The zero-order valence-electron chi connectivity index (χ0n) is 10.5. The van der Waals surface area contributed by atoms with Crippen molar-refractivity contribution in [1.82, 2.24) is 4.98 Å². The highest BCUT2D eigenvalue weighted by atomic mass is 79.9. The number of ether oxygens (including phenoxy) is 2. The molecule has 1 aromatic heterocycles. The Morgan fingerprint density at radius 2 is 2.10 bits per heavy atom. The van der Waals surface area contributed by atoms with Crippen LogP contribution in [0.5, 0.6) is 11.5 Å². The smallest absolute Gasteiger partial charge is 0.345 e. The standard InChI is InChI=1S/C14H9BrN2O3/c1-19-13-4-9(6-16)2-3-12(13)20-14(18)10-5-11(15)8-17-7-10/h2-5,7-8H,1H3. The fourth-order valence-electron chi connectivity index (χ4n) is 1.50. The van der Waals surface area contributed by atoms with Crippen LogP contribution in [0, 0.1) is 11.3 Å². The van der Waals surface area contributed by atoms with E-state index in [9.17, 15) is 4.79 Å². The number of halogens is 1. The molecule has 0 fully saturated rings. The quantitative estimate of drug-likeness (QED) is 0.638. The first-order valence-electron chi connectivity index (χ1n) is 5.55. The number of rotatable bonds is 3. The van der Waals surface area contributed by atoms with Crippen molar-refractivity contribution in [2.75, 3.05) is 7.11 Å². The zero-order valence-corrected chi connectivity index (χ0v) is 12.0. The van der Waals surface area contributed by atoms with Gasteiger partial charge in [-0.2, -0.15) is 5.26 Å². The molecular formula is C14H9BrN2O3. The van der Waals surface area contributed by atoms with Gasteiger partial charge in [-0.3, -0.25) is 4.98 Å². The van der Waals surface area contributed by atoms with Crippen LogP contribution in [0.25, 0.3) is 0 Å². The number of hydrogen-bond donors (Lipinski definition) is 0. The molecule has 0 saturated carbocycles. The number of carbonyl (C=O) groups excluding carboxylic acids is 1. The van der Waals surface area contributed by atoms with Crippen molar-refractivity contribution in [3.63, 3.8) is 0 Å². The molecule has 1 aromatic carbocycles. The third-order valence-corrected chi connectivity index (χ3v) is 2.87. The Bertz CT molecular complexity index is 695. The van der Waals surface area contributed by atoms with E-state index in [0.717, 1.165) is 0 Å². The van der Waals surface area contributed by atoms with Crippen LogP contribution in [0.4, 0.5) is 0 Å². The minimum atomic E-state index is -0.554. The maximum absolute atomic E-state index is 12.0. The second kappa shape index (κ2) is 6.17. The molecule has 100 valence electrons. The van der Waals surface area contributed by atoms with E-state index < -0.39 is 5.97 Å². The number of carbonyl (C=O) groups is 1. The highest BCUT2D eigenvalue weighted by molar-refractivity contribution is 9.10. The minimum Gasteiger partial charge on any atom is -0.493 e. The van der Waals surface area contributed by atoms with Gasteiger partial charge in [-0.1, -0.05) is 0 Å². The Balaban J connectivity index is 2.26. The highest BCUT2D eigenvalue weighted by Gasteiger charge is 2.13. The fourth-order valence-corrected chi connectivity index (χ4v) is 1.87. The first-order valence-corrected chi connectivity index (χ1v) is 6.34. The van der Waals surface area contributed by atoms with Gasteiger partial charge in [-0.15, -0.1) is 0 Å². The van der Waals surface area contributed by atoms with Crippen molar-refractivity contribution < 1.29 is 14.3 Å². The van der Waals surface area contributed by atoms with Gasteiger partial charge < -0.3 is 9.47 Å². The van der Waals surface area contributed by atoms with Crippen molar-refractivity contribution in [3.8, 4) is 17.6 Å². The fraction of sp³-hybridized carbons (Fsp3) is 0.0714. The number of pyridine rings is 1. The van der Waals surface area contributed by atoms with E-state index >= 15 is 0 Å². The van der Waals surface area contributed by atoms with Gasteiger partial charge in [0.1, 0.15) is 0 Å². The summed E-state index contributed by atoms with van der Waals surface area (Å²) < 4.78 is 11.0. The van der Waals surface area contributed by atoms with E-state index in [4.69, 9.17) is 14.7 Å². The maximum atomic E-state index is 12.0. The molecule has 2 rings (SSSR count). The number of esters is 1. The monoisotopic (exact) mass is 332 g/mol. The summed E-state index contributed by atoms with van der Waals surface area (Å²) in [5.41, 5.74) is 0.733. The molecule has 6 heteroatoms. The van der Waals surface area contributed by atoms with Crippen molar-refractivity contribution in [2.45, 2.75) is 0 Å². The van der Waals surface area contributed by atoms with Gasteiger partial charge in [0.15, 0.2) is 11.5 Å². The molecule has 0 bridgehead atoms. The summed E-state index contributed by atoms with van der Waals surface area (Å²) in [6.45, 7) is 0. The molecule has 0 atom stereocenters. The molecule has 2 aromatic rings. The molecular weight excluding hydrogens is 324 g/mol. The van der Waals surface area contributed by atoms with Gasteiger partial charge in [0, 0.05) is 22.9 Å². The third-order valence-electron chi connectivity index (χ3n) is 2.44. The summed E-state index contributed by atoms with van der Waals surface area (Å²) in [5.74, 6) is 0.0126. The van der Waals surface area contributed by atoms with Gasteiger partial charge >= 0.3 is 5.97 Å². The molecule has 0 N–H and O–H groups in total. The van der Waals surface area contributed by atoms with Crippen LogP contribution in [0.2, 0.25) is 0 Å². The topological polar surface area (TPSA) is 72.2 Å². The molecule has 0 aliphatic carbocycles. The number of nitrogens with zero attached hydrogens (tertiary/aromatic N) is 2. The summed E-state index contributed by atoms with van der Waals surface area (Å²) in [4.78, 5) is 15.9. The average molecular weight is 333 g/mol. The van der Waals surface area contributed by atoms with E-state index in [2.05, 4.69) is 20.9 Å². The Morgan fingerprint density at radius 1 is 1.30 bits per heavy atom. The second-order valence-corrected chi connectivity index (χ2v) is 4.67. The molecule has 0 amide bonds. The normalized spacial score (nSPS) is 9.65. The first kappa shape index (κ1) is 14.0. The zero-order chi connectivity index (χ0) is 14.5. The molecule has 0 radical (unpaired) electrons. The second-order valence-electron chi connectivity index (χ2n) is 3.76. The van der Waals surface area contributed by atoms with Gasteiger partial charge in [0.2, 0.25) is 0 Å². The van der Waals surface area contributed by atoms with Gasteiger partial charge in [-0.05, 0) is 34.1 Å². The van der Waals surface area contributed by atoms with Crippen LogP contribution in [-0.2, 0) is 0 Å². The van der Waals surface area contributed by atoms with Crippen molar-refractivity contribution in [1.29, 1.82) is 5.26 Å². The molecule has 0 saturated heterocycles. The number of nitriles is 1. The van der Waals surface area contributed by atoms with Crippen LogP contribution < -0.4 is 9.47 Å². The summed E-state index contributed by atoms with van der Waals surface area (Å²) in [6.07, 6.45) is 2.97. The SMILES string of the molecule is COc1cc(C#N)ccc1OC(=O)c1cncc(Br)c1. The van der Waals surface area contributed by atoms with E-state index in [1.165, 1.54) is 25.4 Å². The largest absolute Gasteiger partial charge is 0.493 e. The predicted octanol–water partition coefficient (Wildman–Crippen LogP) is 2.94. The maximum Gasteiger partial charge on any atom is 0.345 e. The van der Waals surface area contributed by atoms with E-state index in [0.29, 0.717) is 21.3 Å². The Labute approximate surface area is 123 Å². The van der Waals surface area contributed by atoms with Crippen LogP contribution >= 0.6 is 15.9 Å². The van der Waals surface area contributed by atoms with Crippen LogP contribution in [0.3, 0.4) is 0 Å². The number of benzene rings is 1. The van der Waals surface area contributed by atoms with E-state index in [1.807, 2.05) is 6.07 Å². The van der Waals surface area contributed by atoms with Gasteiger partial charge in [0.25, 0.3) is 0 Å². The lowest BCUT2D eigenvalue weighted by Crippen LogP contribution is -2.09. The molecule has 0 spiro atoms. The summed E-state index contributed by atoms with van der Waals surface area (Å²) in [5, 5.41) is 8.81. The molecule has 1 heterocycles. The Hall–Kier alpha value is -2.39. The Kier molecular flexibility index (Phi) is 4.33. The van der Waals surface area contributed by atoms with Crippen molar-refractivity contribution in [3.05, 3.63) is 52.3 Å². The summed E-state index contributed by atoms with van der Waals surface area (Å²) in [7, 11) is 1.44. The average Bonchev–Trinajstić information content (AvgIpc) is 2.47. The van der Waals surface area contributed by atoms with E-state index in [-0.39, 0.29) is 5.75 Å². The van der Waals surface area contributed by atoms with Crippen LogP contribution in [0.1, 0.15) is 15.9 Å². The number of methoxy groups -OCH3 is 1. The molecule has 0 aliphatic rings. The number of aromatic nitrogens is 1. The lowest BCUT2D eigenvalue weighted by Gasteiger charge is -2.09. The molecule has 5 nitrogen and oxygen atoms in total. The Morgan fingerprint density at radius 3 is 2.75 bits per heavy atom. The lowest BCUT2D eigenvalue weighted by molar-refractivity contribution is 0.0729. The third kappa shape index (κ3) is 3.13. The van der Waals surface area contributed by atoms with Crippen LogP contribution in [-0.4, -0.2) is 18.1 Å². The van der Waals surface area contributed by atoms with E-state index in [1.54, 1.807) is 18.3 Å². The summed E-state index contributed by atoms with van der Waals surface area (Å²) in [6, 6.07) is 8.15. The van der Waals surface area contributed by atoms with Crippen LogP contribution in [0.15, 0.2) is 41.1 Å². The first-order chi connectivity index (χ1) is 9.63. The number of hydrogen-bond acceptors (Lipinski definition) is 5. The molecule has 0 aliphatic heterocycles. The molecule has 0 unspecified atom stereocenters. The van der Waals surface area contributed by atoms with Crippen molar-refractivity contribution >= 4 is 21.9 Å². The van der Waals surface area contributed by atoms with Crippen molar-refractivity contribution in [2.24, 2.45) is 0 Å². The highest BCUT2D eigenvalue weighted by Crippen LogP contribution is 2.28. The minimum absolute atomic E-state index is 0.247. The molecule has 20 heavy (non-hydrogen) atoms.